The average molecular weight is 521 g/mol. The summed E-state index contributed by atoms with van der Waals surface area (Å²) in [5, 5.41) is 23.8. The molecule has 0 radical (unpaired) electrons. The van der Waals surface area contributed by atoms with Gasteiger partial charge in [-0.15, -0.1) is 0 Å². The molecule has 3 aromatic rings. The van der Waals surface area contributed by atoms with Crippen molar-refractivity contribution >= 4 is 17.5 Å². The highest BCUT2D eigenvalue weighted by atomic mass is 19.1. The molecule has 3 heterocycles. The Morgan fingerprint density at radius 2 is 1.79 bits per heavy atom. The van der Waals surface area contributed by atoms with Crippen molar-refractivity contribution in [2.24, 2.45) is 7.05 Å². The largest absolute Gasteiger partial charge is 0.368 e. The number of nitriles is 1. The highest BCUT2D eigenvalue weighted by Crippen LogP contribution is 2.44. The van der Waals surface area contributed by atoms with E-state index in [2.05, 4.69) is 76.7 Å². The zero-order chi connectivity index (χ0) is 27.4. The van der Waals surface area contributed by atoms with Crippen LogP contribution < -0.4 is 16.3 Å². The SMILES string of the molecule is CN1C(C)(C)CC(Nc2nc(Nc3cc(-n4nnn(C)c4=O)c(C4CC4)cc3F)ncc2C#N)CC1(C)C. The van der Waals surface area contributed by atoms with Gasteiger partial charge in [0.2, 0.25) is 5.95 Å². The Kier molecular flexibility index (Phi) is 6.22. The van der Waals surface area contributed by atoms with Gasteiger partial charge in [-0.05, 0) is 94.5 Å². The number of aromatic nitrogens is 6. The van der Waals surface area contributed by atoms with Gasteiger partial charge in [-0.2, -0.15) is 19.6 Å². The van der Waals surface area contributed by atoms with Crippen molar-refractivity contribution in [3.05, 3.63) is 45.8 Å². The molecule has 0 atom stereocenters. The van der Waals surface area contributed by atoms with Crippen LogP contribution in [0, 0.1) is 17.1 Å². The minimum absolute atomic E-state index is 0.0540. The summed E-state index contributed by atoms with van der Waals surface area (Å²) < 4.78 is 17.5. The zero-order valence-corrected chi connectivity index (χ0v) is 22.6. The minimum Gasteiger partial charge on any atom is -0.366 e. The van der Waals surface area contributed by atoms with E-state index in [0.717, 1.165) is 30.4 Å². The molecular formula is C26H33FN10O. The van der Waals surface area contributed by atoms with Crippen molar-refractivity contribution < 1.29 is 4.39 Å². The molecule has 2 aromatic heterocycles. The monoisotopic (exact) mass is 520 g/mol. The average Bonchev–Trinajstić information content (AvgIpc) is 3.64. The van der Waals surface area contributed by atoms with Crippen molar-refractivity contribution in [2.45, 2.75) is 76.4 Å². The van der Waals surface area contributed by atoms with E-state index >= 15 is 4.39 Å². The smallest absolute Gasteiger partial charge is 0.366 e. The molecule has 1 aliphatic heterocycles. The Balaban J connectivity index is 1.46. The number of likely N-dealkylation sites (tertiary alicyclic amines) is 1. The second-order valence-electron chi connectivity index (χ2n) is 11.6. The summed E-state index contributed by atoms with van der Waals surface area (Å²) >= 11 is 0. The van der Waals surface area contributed by atoms with E-state index in [-0.39, 0.29) is 34.7 Å². The molecule has 0 unspecified atom stereocenters. The van der Waals surface area contributed by atoms with Crippen molar-refractivity contribution in [2.75, 3.05) is 17.7 Å². The predicted molar refractivity (Wildman–Crippen MR) is 141 cm³/mol. The summed E-state index contributed by atoms with van der Waals surface area (Å²) in [5.74, 6) is 0.210. The fourth-order valence-corrected chi connectivity index (χ4v) is 5.46. The Morgan fingerprint density at radius 1 is 1.11 bits per heavy atom. The van der Waals surface area contributed by atoms with E-state index in [4.69, 9.17) is 0 Å². The van der Waals surface area contributed by atoms with E-state index in [9.17, 15) is 10.1 Å². The van der Waals surface area contributed by atoms with E-state index in [1.807, 2.05) is 0 Å². The quantitative estimate of drug-likeness (QED) is 0.502. The van der Waals surface area contributed by atoms with Crippen molar-refractivity contribution in [1.29, 1.82) is 5.26 Å². The molecule has 1 saturated carbocycles. The molecule has 2 N–H and O–H groups in total. The first-order valence-corrected chi connectivity index (χ1v) is 12.8. The van der Waals surface area contributed by atoms with Gasteiger partial charge < -0.3 is 10.6 Å². The first kappa shape index (κ1) is 25.8. The number of benzene rings is 1. The number of aryl methyl sites for hydroxylation is 1. The summed E-state index contributed by atoms with van der Waals surface area (Å²) in [6.45, 7) is 8.81. The number of hydrogen-bond acceptors (Lipinski definition) is 9. The fraction of sp³-hybridized carbons (Fsp3) is 0.538. The first-order chi connectivity index (χ1) is 17.9. The van der Waals surface area contributed by atoms with Gasteiger partial charge in [-0.3, -0.25) is 4.90 Å². The number of hydrogen-bond donors (Lipinski definition) is 2. The predicted octanol–water partition coefficient (Wildman–Crippen LogP) is 3.45. The maximum Gasteiger partial charge on any atom is 0.368 e. The summed E-state index contributed by atoms with van der Waals surface area (Å²) in [4.78, 5) is 23.7. The summed E-state index contributed by atoms with van der Waals surface area (Å²) in [6.07, 6.45) is 4.99. The molecule has 38 heavy (non-hydrogen) atoms. The Labute approximate surface area is 220 Å². The van der Waals surface area contributed by atoms with Crippen molar-refractivity contribution in [3.8, 4) is 11.8 Å². The van der Waals surface area contributed by atoms with Gasteiger partial charge in [0.05, 0.1) is 17.6 Å². The number of anilines is 3. The van der Waals surface area contributed by atoms with Gasteiger partial charge in [-0.25, -0.2) is 14.2 Å². The first-order valence-electron chi connectivity index (χ1n) is 12.8. The highest BCUT2D eigenvalue weighted by Gasteiger charge is 2.43. The molecule has 12 heteroatoms. The van der Waals surface area contributed by atoms with Gasteiger partial charge in [0, 0.05) is 24.2 Å². The Morgan fingerprint density at radius 3 is 2.37 bits per heavy atom. The lowest BCUT2D eigenvalue weighted by Crippen LogP contribution is -2.61. The number of halogens is 1. The second-order valence-corrected chi connectivity index (χ2v) is 11.6. The lowest BCUT2D eigenvalue weighted by atomic mass is 9.77. The summed E-state index contributed by atoms with van der Waals surface area (Å²) in [7, 11) is 3.65. The Hall–Kier alpha value is -3.85. The van der Waals surface area contributed by atoms with Crippen LogP contribution in [0.1, 0.15) is 70.4 Å². The molecule has 0 bridgehead atoms. The van der Waals surface area contributed by atoms with Crippen LogP contribution in [0.2, 0.25) is 0 Å². The topological polar surface area (TPSA) is 130 Å². The third kappa shape index (κ3) is 4.74. The lowest BCUT2D eigenvalue weighted by molar-refractivity contribution is -0.00773. The number of nitrogens with zero attached hydrogens (tertiary/aromatic N) is 8. The van der Waals surface area contributed by atoms with Crippen LogP contribution in [0.5, 0.6) is 0 Å². The van der Waals surface area contributed by atoms with Gasteiger partial charge in [-0.1, -0.05) is 0 Å². The Bertz CT molecular complexity index is 1460. The molecule has 2 fully saturated rings. The van der Waals surface area contributed by atoms with Crippen LogP contribution in [0.3, 0.4) is 0 Å². The highest BCUT2D eigenvalue weighted by molar-refractivity contribution is 5.64. The number of nitrogens with one attached hydrogen (secondary N) is 2. The number of rotatable bonds is 6. The molecule has 200 valence electrons. The molecule has 0 amide bonds. The number of piperidine rings is 1. The van der Waals surface area contributed by atoms with Gasteiger partial charge >= 0.3 is 5.69 Å². The standard InChI is InChI=1S/C26H33FN10O/c1-25(2)11-17(12-26(3,4)36(25)6)30-22-16(13-28)14-29-23(32-22)31-20-10-21(37-24(38)35(5)33-34-37)18(9-19(20)27)15-7-8-15/h9-10,14-15,17H,7-8,11-12H2,1-6H3,(H2,29,30,31,32). The normalized spacial score (nSPS) is 19.2. The van der Waals surface area contributed by atoms with Crippen LogP contribution in [0.25, 0.3) is 5.69 Å². The van der Waals surface area contributed by atoms with Crippen molar-refractivity contribution in [3.63, 3.8) is 0 Å². The molecule has 1 saturated heterocycles. The van der Waals surface area contributed by atoms with Gasteiger partial charge in [0.1, 0.15) is 23.3 Å². The molecule has 1 aromatic carbocycles. The zero-order valence-electron chi connectivity index (χ0n) is 22.6. The molecular weight excluding hydrogens is 487 g/mol. The third-order valence-corrected chi connectivity index (χ3v) is 7.89. The van der Waals surface area contributed by atoms with E-state index < -0.39 is 11.5 Å². The van der Waals surface area contributed by atoms with Crippen LogP contribution in [0.4, 0.5) is 21.8 Å². The van der Waals surface area contributed by atoms with E-state index in [0.29, 0.717) is 22.6 Å². The maximum atomic E-state index is 15.2. The van der Waals surface area contributed by atoms with E-state index in [1.165, 1.54) is 30.1 Å². The minimum atomic E-state index is -0.492. The van der Waals surface area contributed by atoms with E-state index in [1.54, 1.807) is 0 Å². The summed E-state index contributed by atoms with van der Waals surface area (Å²) in [5.41, 5.74) is 1.06. The van der Waals surface area contributed by atoms with Crippen LogP contribution in [-0.2, 0) is 7.05 Å². The molecule has 11 nitrogen and oxygen atoms in total. The summed E-state index contributed by atoms with van der Waals surface area (Å²) in [6, 6.07) is 5.20. The number of tetrazole rings is 1. The fourth-order valence-electron chi connectivity index (χ4n) is 5.46. The maximum absolute atomic E-state index is 15.2. The van der Waals surface area contributed by atoms with Crippen LogP contribution in [0.15, 0.2) is 23.1 Å². The molecule has 1 aliphatic carbocycles. The second kappa shape index (κ2) is 9.16. The lowest BCUT2D eigenvalue weighted by Gasteiger charge is -2.53. The third-order valence-electron chi connectivity index (χ3n) is 7.89. The molecule has 0 spiro atoms. The van der Waals surface area contributed by atoms with Gasteiger partial charge in [0.15, 0.2) is 0 Å². The van der Waals surface area contributed by atoms with Crippen LogP contribution >= 0.6 is 0 Å². The molecule has 2 aliphatic rings. The van der Waals surface area contributed by atoms with Crippen LogP contribution in [-0.4, -0.2) is 58.8 Å². The van der Waals surface area contributed by atoms with Gasteiger partial charge in [0.25, 0.3) is 0 Å². The van der Waals surface area contributed by atoms with Crippen molar-refractivity contribution in [1.82, 2.24) is 34.7 Å². The molecule has 5 rings (SSSR count).